The summed E-state index contributed by atoms with van der Waals surface area (Å²) in [4.78, 5) is 6.77. The Bertz CT molecular complexity index is 653. The van der Waals surface area contributed by atoms with Gasteiger partial charge in [0.1, 0.15) is 5.75 Å². The molecule has 2 aromatic rings. The number of unbranched alkanes of at least 4 members (excludes halogenated alkanes) is 2. The molecule has 0 bridgehead atoms. The van der Waals surface area contributed by atoms with Gasteiger partial charge in [0.05, 0.1) is 5.69 Å². The molecule has 2 rings (SSSR count). The minimum atomic E-state index is 0.150. The largest absolute Gasteiger partial charge is 0.426 e. The number of hydrogen-bond donors (Lipinski definition) is 1. The number of ether oxygens (including phenoxy) is 1. The predicted molar refractivity (Wildman–Crippen MR) is 110 cm³/mol. The molecule has 4 nitrogen and oxygen atoms in total. The van der Waals surface area contributed by atoms with Crippen LogP contribution in [0.4, 0.5) is 5.69 Å². The summed E-state index contributed by atoms with van der Waals surface area (Å²) in [7, 11) is 0. The molecule has 0 aliphatic rings. The summed E-state index contributed by atoms with van der Waals surface area (Å²) >= 11 is 0. The van der Waals surface area contributed by atoms with Gasteiger partial charge in [0.2, 0.25) is 0 Å². The lowest BCUT2D eigenvalue weighted by atomic mass is 10.1. The molecule has 26 heavy (non-hydrogen) atoms. The highest BCUT2D eigenvalue weighted by molar-refractivity contribution is 5.77. The first-order chi connectivity index (χ1) is 12.7. The molecule has 0 saturated carbocycles. The first-order valence-electron chi connectivity index (χ1n) is 9.59. The van der Waals surface area contributed by atoms with Crippen molar-refractivity contribution in [2.45, 2.75) is 39.5 Å². The first-order valence-corrected chi connectivity index (χ1v) is 9.59. The smallest absolute Gasteiger partial charge is 0.292 e. The molecule has 0 aromatic heterocycles. The maximum atomic E-state index is 5.87. The fourth-order valence-corrected chi connectivity index (χ4v) is 2.80. The Kier molecular flexibility index (Phi) is 8.70. The maximum absolute atomic E-state index is 5.87. The summed E-state index contributed by atoms with van der Waals surface area (Å²) in [5.74, 6) is 0.709. The number of amidine groups is 1. The van der Waals surface area contributed by atoms with Crippen LogP contribution in [0.3, 0.4) is 0 Å². The lowest BCUT2D eigenvalue weighted by molar-refractivity contribution is 0.285. The van der Waals surface area contributed by atoms with Crippen LogP contribution in [0.1, 0.15) is 38.7 Å². The molecular weight excluding hydrogens is 322 g/mol. The van der Waals surface area contributed by atoms with Gasteiger partial charge in [-0.1, -0.05) is 57.0 Å². The second-order valence-electron chi connectivity index (χ2n) is 6.42. The maximum Gasteiger partial charge on any atom is 0.292 e. The van der Waals surface area contributed by atoms with Gasteiger partial charge in [-0.2, -0.15) is 4.99 Å². The number of hydrogen-bond acceptors (Lipinski definition) is 3. The number of nitrogens with zero attached hydrogens (tertiary/aromatic N) is 2. The van der Waals surface area contributed by atoms with Gasteiger partial charge in [-0.05, 0) is 55.8 Å². The molecule has 0 aliphatic heterocycles. The third kappa shape index (κ3) is 7.28. The SMILES string of the molecule is CCCCCN(CC)CCc1ccc(OC(N)=Nc2ccccc2)cc1. The number of para-hydroxylation sites is 1. The number of nitrogens with two attached hydrogens (primary N) is 1. The van der Waals surface area contributed by atoms with E-state index in [9.17, 15) is 0 Å². The van der Waals surface area contributed by atoms with Crippen LogP contribution in [0, 0.1) is 0 Å². The van der Waals surface area contributed by atoms with Gasteiger partial charge in [-0.25, -0.2) is 0 Å². The Labute approximate surface area is 157 Å². The van der Waals surface area contributed by atoms with Crippen molar-refractivity contribution in [1.82, 2.24) is 4.90 Å². The highest BCUT2D eigenvalue weighted by Gasteiger charge is 2.04. The monoisotopic (exact) mass is 353 g/mol. The molecule has 0 aliphatic carbocycles. The lowest BCUT2D eigenvalue weighted by Crippen LogP contribution is -2.27. The zero-order valence-corrected chi connectivity index (χ0v) is 16.0. The van der Waals surface area contributed by atoms with E-state index in [2.05, 4.69) is 35.9 Å². The van der Waals surface area contributed by atoms with E-state index in [1.54, 1.807) is 0 Å². The second-order valence-corrected chi connectivity index (χ2v) is 6.42. The fraction of sp³-hybridized carbons (Fsp3) is 0.409. The minimum absolute atomic E-state index is 0.150. The van der Waals surface area contributed by atoms with Crippen molar-refractivity contribution in [3.05, 3.63) is 60.2 Å². The predicted octanol–water partition coefficient (Wildman–Crippen LogP) is 4.77. The van der Waals surface area contributed by atoms with Crippen LogP contribution < -0.4 is 10.5 Å². The van der Waals surface area contributed by atoms with Crippen molar-refractivity contribution in [3.8, 4) is 5.75 Å². The third-order valence-corrected chi connectivity index (χ3v) is 4.38. The molecular formula is C22H31N3O. The van der Waals surface area contributed by atoms with Crippen LogP contribution >= 0.6 is 0 Å². The van der Waals surface area contributed by atoms with Crippen LogP contribution in [0.25, 0.3) is 0 Å². The van der Waals surface area contributed by atoms with E-state index < -0.39 is 0 Å². The van der Waals surface area contributed by atoms with Gasteiger partial charge in [-0.3, -0.25) is 0 Å². The van der Waals surface area contributed by atoms with Crippen molar-refractivity contribution in [2.75, 3.05) is 19.6 Å². The molecule has 0 heterocycles. The second kappa shape index (κ2) is 11.3. The van der Waals surface area contributed by atoms with Gasteiger partial charge in [0.15, 0.2) is 0 Å². The molecule has 0 unspecified atom stereocenters. The van der Waals surface area contributed by atoms with Crippen LogP contribution in [0.2, 0.25) is 0 Å². The number of rotatable bonds is 10. The van der Waals surface area contributed by atoms with Crippen LogP contribution in [-0.2, 0) is 6.42 Å². The first kappa shape index (κ1) is 20.0. The topological polar surface area (TPSA) is 50.9 Å². The molecule has 0 saturated heterocycles. The molecule has 2 aromatic carbocycles. The number of benzene rings is 2. The van der Waals surface area contributed by atoms with Gasteiger partial charge in [-0.15, -0.1) is 0 Å². The Balaban J connectivity index is 1.83. The van der Waals surface area contributed by atoms with Crippen molar-refractivity contribution in [3.63, 3.8) is 0 Å². The number of aliphatic imine (C=N–C) groups is 1. The molecule has 140 valence electrons. The normalized spacial score (nSPS) is 11.7. The van der Waals surface area contributed by atoms with E-state index >= 15 is 0 Å². The third-order valence-electron chi connectivity index (χ3n) is 4.38. The lowest BCUT2D eigenvalue weighted by Gasteiger charge is -2.20. The van der Waals surface area contributed by atoms with Gasteiger partial charge < -0.3 is 15.4 Å². The zero-order valence-electron chi connectivity index (χ0n) is 16.0. The Morgan fingerprint density at radius 1 is 0.962 bits per heavy atom. The van der Waals surface area contributed by atoms with E-state index in [1.165, 1.54) is 31.4 Å². The Morgan fingerprint density at radius 3 is 2.35 bits per heavy atom. The standard InChI is InChI=1S/C22H31N3O/c1-3-5-9-17-25(4-2)18-16-19-12-14-21(15-13-19)26-22(23)24-20-10-7-6-8-11-20/h6-8,10-15H,3-5,9,16-18H2,1-2H3,(H2,23,24). The van der Waals surface area contributed by atoms with Crippen molar-refractivity contribution in [2.24, 2.45) is 10.7 Å². The van der Waals surface area contributed by atoms with Crippen molar-refractivity contribution in [1.29, 1.82) is 0 Å². The zero-order chi connectivity index (χ0) is 18.6. The van der Waals surface area contributed by atoms with Crippen LogP contribution in [0.5, 0.6) is 5.75 Å². The fourth-order valence-electron chi connectivity index (χ4n) is 2.80. The summed E-state index contributed by atoms with van der Waals surface area (Å²) in [5.41, 5.74) is 7.96. The molecule has 0 fully saturated rings. The highest BCUT2D eigenvalue weighted by atomic mass is 16.5. The molecule has 0 atom stereocenters. The summed E-state index contributed by atoms with van der Waals surface area (Å²) in [6.45, 7) is 7.88. The van der Waals surface area contributed by atoms with Gasteiger partial charge in [0, 0.05) is 6.54 Å². The van der Waals surface area contributed by atoms with E-state index in [0.29, 0.717) is 5.75 Å². The van der Waals surface area contributed by atoms with E-state index in [1.807, 2.05) is 42.5 Å². The summed E-state index contributed by atoms with van der Waals surface area (Å²) in [6.07, 6.45) is 4.93. The molecule has 0 spiro atoms. The van der Waals surface area contributed by atoms with E-state index in [4.69, 9.17) is 10.5 Å². The van der Waals surface area contributed by atoms with Crippen molar-refractivity contribution >= 4 is 11.7 Å². The van der Waals surface area contributed by atoms with E-state index in [-0.39, 0.29) is 6.02 Å². The highest BCUT2D eigenvalue weighted by Crippen LogP contribution is 2.15. The van der Waals surface area contributed by atoms with Crippen LogP contribution in [0.15, 0.2) is 59.6 Å². The van der Waals surface area contributed by atoms with Gasteiger partial charge >= 0.3 is 0 Å². The summed E-state index contributed by atoms with van der Waals surface area (Å²) in [5, 5.41) is 0. The quantitative estimate of drug-likeness (QED) is 0.380. The molecule has 4 heteroatoms. The Morgan fingerprint density at radius 2 is 1.69 bits per heavy atom. The molecule has 0 radical (unpaired) electrons. The Hall–Kier alpha value is -2.33. The van der Waals surface area contributed by atoms with Gasteiger partial charge in [0.25, 0.3) is 6.02 Å². The number of likely N-dealkylation sites (N-methyl/N-ethyl adjacent to an activating group) is 1. The molecule has 0 amide bonds. The average Bonchev–Trinajstić information content (AvgIpc) is 2.66. The summed E-state index contributed by atoms with van der Waals surface area (Å²) in [6, 6.07) is 17.8. The minimum Gasteiger partial charge on any atom is -0.426 e. The average molecular weight is 354 g/mol. The van der Waals surface area contributed by atoms with Crippen molar-refractivity contribution < 1.29 is 4.74 Å². The summed E-state index contributed by atoms with van der Waals surface area (Å²) < 4.78 is 5.60. The van der Waals surface area contributed by atoms with E-state index in [0.717, 1.165) is 25.2 Å². The molecule has 2 N–H and O–H groups in total. The van der Waals surface area contributed by atoms with Crippen LogP contribution in [-0.4, -0.2) is 30.6 Å².